The fourth-order valence-electron chi connectivity index (χ4n) is 3.09. The highest BCUT2D eigenvalue weighted by atomic mass is 35.5. The molecule has 9 heteroatoms. The summed E-state index contributed by atoms with van der Waals surface area (Å²) in [6.45, 7) is 2.62. The maximum atomic E-state index is 13.4. The maximum absolute atomic E-state index is 13.4. The lowest BCUT2D eigenvalue weighted by Gasteiger charge is -2.34. The summed E-state index contributed by atoms with van der Waals surface area (Å²) in [6, 6.07) is 11.6. The number of rotatable bonds is 4. The standard InChI is InChI=1S/C19H21ClFN3O3S/c1-14(17-7-2-3-8-18(17)20)22-19(25)23-9-11-24(12-10-23)28(26,27)16-6-4-5-15(21)13-16/h2-8,13-14H,9-12H2,1H3,(H,22,25). The second kappa shape index (κ2) is 8.46. The zero-order valence-corrected chi connectivity index (χ0v) is 16.9. The van der Waals surface area contributed by atoms with Crippen LogP contribution in [0.2, 0.25) is 5.02 Å². The number of sulfonamides is 1. The predicted octanol–water partition coefficient (Wildman–Crippen LogP) is 3.26. The molecule has 1 aliphatic heterocycles. The molecule has 1 saturated heterocycles. The van der Waals surface area contributed by atoms with Gasteiger partial charge in [-0.05, 0) is 36.8 Å². The van der Waals surface area contributed by atoms with E-state index in [1.165, 1.54) is 22.5 Å². The van der Waals surface area contributed by atoms with Gasteiger partial charge in [0.05, 0.1) is 10.9 Å². The molecule has 0 bridgehead atoms. The fraction of sp³-hybridized carbons (Fsp3) is 0.316. The maximum Gasteiger partial charge on any atom is 0.317 e. The van der Waals surface area contributed by atoms with E-state index in [0.29, 0.717) is 5.02 Å². The summed E-state index contributed by atoms with van der Waals surface area (Å²) in [6.07, 6.45) is 0. The van der Waals surface area contributed by atoms with Crippen molar-refractivity contribution in [3.05, 3.63) is 64.9 Å². The topological polar surface area (TPSA) is 69.7 Å². The minimum atomic E-state index is -3.79. The number of hydrogen-bond acceptors (Lipinski definition) is 3. The second-order valence-electron chi connectivity index (χ2n) is 6.54. The minimum Gasteiger partial charge on any atom is -0.331 e. The van der Waals surface area contributed by atoms with Crippen molar-refractivity contribution in [2.45, 2.75) is 17.9 Å². The van der Waals surface area contributed by atoms with Crippen LogP contribution in [0.15, 0.2) is 53.4 Å². The Labute approximate surface area is 168 Å². The molecule has 3 rings (SSSR count). The number of urea groups is 1. The fourth-order valence-corrected chi connectivity index (χ4v) is 4.84. The molecule has 2 aromatic carbocycles. The molecule has 0 spiro atoms. The van der Waals surface area contributed by atoms with Gasteiger partial charge in [-0.25, -0.2) is 17.6 Å². The average molecular weight is 426 g/mol. The van der Waals surface area contributed by atoms with Crippen LogP contribution in [0.4, 0.5) is 9.18 Å². The number of nitrogens with zero attached hydrogens (tertiary/aromatic N) is 2. The van der Waals surface area contributed by atoms with Crippen molar-refractivity contribution in [1.29, 1.82) is 0 Å². The van der Waals surface area contributed by atoms with Crippen LogP contribution in [0.1, 0.15) is 18.5 Å². The van der Waals surface area contributed by atoms with E-state index in [-0.39, 0.29) is 43.1 Å². The normalized spacial score (nSPS) is 16.6. The molecule has 6 nitrogen and oxygen atoms in total. The summed E-state index contributed by atoms with van der Waals surface area (Å²) in [5.41, 5.74) is 0.810. The molecule has 1 N–H and O–H groups in total. The number of hydrogen-bond donors (Lipinski definition) is 1. The molecule has 0 aliphatic carbocycles. The first kappa shape index (κ1) is 20.6. The smallest absolute Gasteiger partial charge is 0.317 e. The highest BCUT2D eigenvalue weighted by Gasteiger charge is 2.30. The van der Waals surface area contributed by atoms with Crippen LogP contribution in [0.25, 0.3) is 0 Å². The molecular formula is C19H21ClFN3O3S. The van der Waals surface area contributed by atoms with Gasteiger partial charge in [-0.15, -0.1) is 0 Å². The van der Waals surface area contributed by atoms with E-state index in [0.717, 1.165) is 11.6 Å². The van der Waals surface area contributed by atoms with Gasteiger partial charge in [-0.2, -0.15) is 4.31 Å². The summed E-state index contributed by atoms with van der Waals surface area (Å²) in [4.78, 5) is 14.0. The highest BCUT2D eigenvalue weighted by molar-refractivity contribution is 7.89. The summed E-state index contributed by atoms with van der Waals surface area (Å²) >= 11 is 6.16. The molecule has 0 radical (unpaired) electrons. The van der Waals surface area contributed by atoms with Gasteiger partial charge in [0.25, 0.3) is 0 Å². The Hall–Kier alpha value is -2.16. The number of benzene rings is 2. The average Bonchev–Trinajstić information content (AvgIpc) is 2.68. The quantitative estimate of drug-likeness (QED) is 0.817. The summed E-state index contributed by atoms with van der Waals surface area (Å²) in [5.74, 6) is -0.604. The van der Waals surface area contributed by atoms with Gasteiger partial charge in [0.2, 0.25) is 10.0 Å². The van der Waals surface area contributed by atoms with Gasteiger partial charge < -0.3 is 10.2 Å². The summed E-state index contributed by atoms with van der Waals surface area (Å²) < 4.78 is 39.9. The Morgan fingerprint density at radius 2 is 1.79 bits per heavy atom. The first-order valence-corrected chi connectivity index (χ1v) is 10.7. The first-order chi connectivity index (χ1) is 13.3. The van der Waals surface area contributed by atoms with E-state index in [2.05, 4.69) is 5.32 Å². The zero-order chi connectivity index (χ0) is 20.3. The van der Waals surface area contributed by atoms with Gasteiger partial charge in [0.1, 0.15) is 5.82 Å². The Morgan fingerprint density at radius 1 is 1.11 bits per heavy atom. The van der Waals surface area contributed by atoms with Gasteiger partial charge in [0, 0.05) is 31.2 Å². The van der Waals surface area contributed by atoms with Crippen molar-refractivity contribution in [2.75, 3.05) is 26.2 Å². The Bertz CT molecular complexity index is 962. The lowest BCUT2D eigenvalue weighted by molar-refractivity contribution is 0.169. The van der Waals surface area contributed by atoms with Crippen LogP contribution in [0, 0.1) is 5.82 Å². The molecule has 2 aromatic rings. The van der Waals surface area contributed by atoms with Gasteiger partial charge in [-0.1, -0.05) is 35.9 Å². The van der Waals surface area contributed by atoms with Crippen molar-refractivity contribution in [3.8, 4) is 0 Å². The van der Waals surface area contributed by atoms with Crippen LogP contribution in [0.3, 0.4) is 0 Å². The Morgan fingerprint density at radius 3 is 2.43 bits per heavy atom. The SMILES string of the molecule is CC(NC(=O)N1CCN(S(=O)(=O)c2cccc(F)c2)CC1)c1ccccc1Cl. The molecule has 1 fully saturated rings. The van der Waals surface area contributed by atoms with Crippen molar-refractivity contribution >= 4 is 27.7 Å². The molecule has 0 saturated carbocycles. The molecule has 1 heterocycles. The molecule has 150 valence electrons. The summed E-state index contributed by atoms with van der Waals surface area (Å²) in [7, 11) is -3.79. The molecule has 1 aliphatic rings. The summed E-state index contributed by atoms with van der Waals surface area (Å²) in [5, 5.41) is 3.46. The number of amides is 2. The third-order valence-electron chi connectivity index (χ3n) is 4.67. The third-order valence-corrected chi connectivity index (χ3v) is 6.91. The van der Waals surface area contributed by atoms with Crippen LogP contribution in [0.5, 0.6) is 0 Å². The lowest BCUT2D eigenvalue weighted by Crippen LogP contribution is -2.53. The van der Waals surface area contributed by atoms with E-state index in [1.54, 1.807) is 11.0 Å². The predicted molar refractivity (Wildman–Crippen MR) is 105 cm³/mol. The van der Waals surface area contributed by atoms with Gasteiger partial charge in [-0.3, -0.25) is 0 Å². The van der Waals surface area contributed by atoms with Crippen LogP contribution in [-0.4, -0.2) is 49.8 Å². The number of carbonyl (C=O) groups is 1. The van der Waals surface area contributed by atoms with E-state index >= 15 is 0 Å². The molecule has 28 heavy (non-hydrogen) atoms. The molecule has 1 unspecified atom stereocenters. The molecule has 0 aromatic heterocycles. The van der Waals surface area contributed by atoms with E-state index in [1.807, 2.05) is 25.1 Å². The van der Waals surface area contributed by atoms with Crippen molar-refractivity contribution in [2.24, 2.45) is 0 Å². The second-order valence-corrected chi connectivity index (χ2v) is 8.89. The number of piperazine rings is 1. The van der Waals surface area contributed by atoms with Crippen molar-refractivity contribution in [3.63, 3.8) is 0 Å². The van der Waals surface area contributed by atoms with Crippen LogP contribution in [-0.2, 0) is 10.0 Å². The number of carbonyl (C=O) groups excluding carboxylic acids is 1. The monoisotopic (exact) mass is 425 g/mol. The first-order valence-electron chi connectivity index (χ1n) is 8.84. The van der Waals surface area contributed by atoms with Gasteiger partial charge >= 0.3 is 6.03 Å². The third kappa shape index (κ3) is 4.45. The minimum absolute atomic E-state index is 0.0854. The largest absolute Gasteiger partial charge is 0.331 e. The van der Waals surface area contributed by atoms with Gasteiger partial charge in [0.15, 0.2) is 0 Å². The zero-order valence-electron chi connectivity index (χ0n) is 15.3. The lowest BCUT2D eigenvalue weighted by atomic mass is 10.1. The number of halogens is 2. The molecule has 2 amide bonds. The van der Waals surface area contributed by atoms with E-state index < -0.39 is 15.8 Å². The Kier molecular flexibility index (Phi) is 6.22. The van der Waals surface area contributed by atoms with Crippen molar-refractivity contribution < 1.29 is 17.6 Å². The van der Waals surface area contributed by atoms with Crippen LogP contribution < -0.4 is 5.32 Å². The molecule has 1 atom stereocenters. The Balaban J connectivity index is 1.60. The molecular weight excluding hydrogens is 405 g/mol. The highest BCUT2D eigenvalue weighted by Crippen LogP contribution is 2.23. The van der Waals surface area contributed by atoms with Crippen molar-refractivity contribution in [1.82, 2.24) is 14.5 Å². The number of nitrogens with one attached hydrogen (secondary N) is 1. The van der Waals surface area contributed by atoms with E-state index in [9.17, 15) is 17.6 Å². The van der Waals surface area contributed by atoms with Crippen LogP contribution >= 0.6 is 11.6 Å². The van der Waals surface area contributed by atoms with E-state index in [4.69, 9.17) is 11.6 Å².